The number of thioether (sulfide) groups is 1. The molecule has 0 saturated carbocycles. The summed E-state index contributed by atoms with van der Waals surface area (Å²) in [6, 6.07) is 16.7. The number of furan rings is 1. The van der Waals surface area contributed by atoms with Gasteiger partial charge in [-0.25, -0.2) is 9.82 Å². The molecule has 1 amide bonds. The van der Waals surface area contributed by atoms with E-state index < -0.39 is 0 Å². The third-order valence-corrected chi connectivity index (χ3v) is 4.58. The quantitative estimate of drug-likeness (QED) is 0.368. The number of nitrogens with zero attached hydrogens (tertiary/aromatic N) is 1. The van der Waals surface area contributed by atoms with Crippen molar-refractivity contribution in [2.45, 2.75) is 4.90 Å². The molecule has 0 radical (unpaired) electrons. The molecular formula is C19H14ClFN2O2S. The van der Waals surface area contributed by atoms with Gasteiger partial charge in [0.25, 0.3) is 0 Å². The number of carbonyl (C=O) groups is 1. The molecule has 0 aliphatic rings. The highest BCUT2D eigenvalue weighted by molar-refractivity contribution is 8.00. The maximum absolute atomic E-state index is 12.9. The van der Waals surface area contributed by atoms with Gasteiger partial charge in [0, 0.05) is 15.5 Å². The van der Waals surface area contributed by atoms with Crippen LogP contribution in [-0.2, 0) is 4.79 Å². The highest BCUT2D eigenvalue weighted by atomic mass is 35.5. The lowest BCUT2D eigenvalue weighted by atomic mass is 10.2. The van der Waals surface area contributed by atoms with Crippen LogP contribution in [0.3, 0.4) is 0 Å². The molecule has 0 unspecified atom stereocenters. The fraction of sp³-hybridized carbons (Fsp3) is 0.0526. The average Bonchev–Trinajstić information content (AvgIpc) is 3.11. The fourth-order valence-electron chi connectivity index (χ4n) is 2.07. The van der Waals surface area contributed by atoms with Crippen LogP contribution in [0.4, 0.5) is 4.39 Å². The molecule has 1 aromatic heterocycles. The SMILES string of the molecule is O=C(CSc1ccc(Cl)cc1)N/N=C\c1ccc(-c2ccc(F)cc2)o1. The third kappa shape index (κ3) is 5.21. The van der Waals surface area contributed by atoms with Crippen molar-refractivity contribution in [3.05, 3.63) is 77.3 Å². The van der Waals surface area contributed by atoms with Crippen LogP contribution in [-0.4, -0.2) is 17.9 Å². The number of halogens is 2. The monoisotopic (exact) mass is 388 g/mol. The van der Waals surface area contributed by atoms with Gasteiger partial charge in [0.2, 0.25) is 5.91 Å². The van der Waals surface area contributed by atoms with Gasteiger partial charge in [-0.15, -0.1) is 11.8 Å². The lowest BCUT2D eigenvalue weighted by Crippen LogP contribution is -2.19. The summed E-state index contributed by atoms with van der Waals surface area (Å²) in [5.74, 6) is 0.775. The lowest BCUT2D eigenvalue weighted by Gasteiger charge is -2.00. The van der Waals surface area contributed by atoms with Gasteiger partial charge < -0.3 is 4.42 Å². The minimum absolute atomic E-state index is 0.230. The summed E-state index contributed by atoms with van der Waals surface area (Å²) < 4.78 is 18.5. The Hall–Kier alpha value is -2.57. The molecule has 4 nitrogen and oxygen atoms in total. The van der Waals surface area contributed by atoms with Crippen LogP contribution < -0.4 is 5.43 Å². The zero-order valence-corrected chi connectivity index (χ0v) is 15.1. The molecule has 0 fully saturated rings. The van der Waals surface area contributed by atoms with Crippen LogP contribution in [0.2, 0.25) is 5.02 Å². The summed E-state index contributed by atoms with van der Waals surface area (Å²) in [4.78, 5) is 12.7. The van der Waals surface area contributed by atoms with Crippen LogP contribution in [0.25, 0.3) is 11.3 Å². The van der Waals surface area contributed by atoms with E-state index >= 15 is 0 Å². The van der Waals surface area contributed by atoms with Gasteiger partial charge in [0.1, 0.15) is 17.3 Å². The molecule has 0 bridgehead atoms. The van der Waals surface area contributed by atoms with Gasteiger partial charge in [0.15, 0.2) is 0 Å². The second kappa shape index (κ2) is 8.69. The first-order chi connectivity index (χ1) is 12.6. The predicted octanol–water partition coefficient (Wildman–Crippen LogP) is 4.98. The Kier molecular flexibility index (Phi) is 6.09. The van der Waals surface area contributed by atoms with E-state index in [-0.39, 0.29) is 17.5 Å². The topological polar surface area (TPSA) is 54.6 Å². The van der Waals surface area contributed by atoms with E-state index in [0.717, 1.165) is 10.5 Å². The number of benzene rings is 2. The average molecular weight is 389 g/mol. The number of hydrazone groups is 1. The van der Waals surface area contributed by atoms with Crippen LogP contribution in [0.1, 0.15) is 5.76 Å². The molecule has 3 aromatic rings. The standard InChI is InChI=1S/C19H14ClFN2O2S/c20-14-3-8-17(9-4-14)26-12-19(24)23-22-11-16-7-10-18(25-16)13-1-5-15(21)6-2-13/h1-11H,12H2,(H,23,24)/b22-11-. The van der Waals surface area contributed by atoms with Gasteiger partial charge in [0.05, 0.1) is 12.0 Å². The van der Waals surface area contributed by atoms with Gasteiger partial charge in [-0.05, 0) is 60.7 Å². The number of nitrogens with one attached hydrogen (secondary N) is 1. The predicted molar refractivity (Wildman–Crippen MR) is 102 cm³/mol. The molecule has 3 rings (SSSR count). The van der Waals surface area contributed by atoms with Crippen LogP contribution in [0.5, 0.6) is 0 Å². The molecule has 1 heterocycles. The first-order valence-corrected chi connectivity index (χ1v) is 9.02. The molecule has 26 heavy (non-hydrogen) atoms. The molecule has 0 spiro atoms. The Balaban J connectivity index is 1.49. The van der Waals surface area contributed by atoms with Crippen molar-refractivity contribution in [2.24, 2.45) is 5.10 Å². The molecule has 0 atom stereocenters. The second-order valence-corrected chi connectivity index (χ2v) is 6.73. The third-order valence-electron chi connectivity index (χ3n) is 3.32. The van der Waals surface area contributed by atoms with Crippen molar-refractivity contribution >= 4 is 35.5 Å². The van der Waals surface area contributed by atoms with Crippen LogP contribution in [0.15, 0.2) is 75.1 Å². The van der Waals surface area contributed by atoms with Crippen molar-refractivity contribution in [1.29, 1.82) is 0 Å². The van der Waals surface area contributed by atoms with Gasteiger partial charge in [-0.1, -0.05) is 11.6 Å². The number of hydrogen-bond donors (Lipinski definition) is 1. The second-order valence-electron chi connectivity index (χ2n) is 5.24. The first kappa shape index (κ1) is 18.2. The summed E-state index contributed by atoms with van der Waals surface area (Å²) in [7, 11) is 0. The Labute approximate surface area is 159 Å². The minimum Gasteiger partial charge on any atom is -0.455 e. The molecule has 0 saturated heterocycles. The summed E-state index contributed by atoms with van der Waals surface area (Å²) in [6.45, 7) is 0. The zero-order valence-electron chi connectivity index (χ0n) is 13.5. The normalized spacial score (nSPS) is 11.0. The van der Waals surface area contributed by atoms with Gasteiger partial charge in [-0.2, -0.15) is 5.10 Å². The Bertz CT molecular complexity index is 908. The van der Waals surface area contributed by atoms with Crippen molar-refractivity contribution in [1.82, 2.24) is 5.43 Å². The van der Waals surface area contributed by atoms with Crippen LogP contribution in [0, 0.1) is 5.82 Å². The van der Waals surface area contributed by atoms with Gasteiger partial charge in [-0.3, -0.25) is 4.79 Å². The first-order valence-electron chi connectivity index (χ1n) is 7.66. The summed E-state index contributed by atoms with van der Waals surface area (Å²) >= 11 is 7.20. The summed E-state index contributed by atoms with van der Waals surface area (Å²) in [5, 5.41) is 4.53. The summed E-state index contributed by atoms with van der Waals surface area (Å²) in [6.07, 6.45) is 1.41. The molecule has 1 N–H and O–H groups in total. The molecule has 0 aliphatic carbocycles. The highest BCUT2D eigenvalue weighted by Gasteiger charge is 2.04. The van der Waals surface area contributed by atoms with Crippen LogP contribution >= 0.6 is 23.4 Å². The fourth-order valence-corrected chi connectivity index (χ4v) is 2.89. The highest BCUT2D eigenvalue weighted by Crippen LogP contribution is 2.22. The number of rotatable bonds is 6. The maximum atomic E-state index is 12.9. The summed E-state index contributed by atoms with van der Waals surface area (Å²) in [5.41, 5.74) is 3.20. The molecule has 2 aromatic carbocycles. The van der Waals surface area contributed by atoms with E-state index in [1.165, 1.54) is 30.1 Å². The molecular weight excluding hydrogens is 375 g/mol. The Morgan fingerprint density at radius 3 is 2.58 bits per heavy atom. The van der Waals surface area contributed by atoms with Gasteiger partial charge >= 0.3 is 0 Å². The zero-order chi connectivity index (χ0) is 18.4. The van der Waals surface area contributed by atoms with E-state index in [0.29, 0.717) is 16.5 Å². The largest absolute Gasteiger partial charge is 0.455 e. The van der Waals surface area contributed by atoms with Crippen molar-refractivity contribution < 1.29 is 13.6 Å². The Morgan fingerprint density at radius 2 is 1.85 bits per heavy atom. The van der Waals surface area contributed by atoms with E-state index in [9.17, 15) is 9.18 Å². The Morgan fingerprint density at radius 1 is 1.12 bits per heavy atom. The minimum atomic E-state index is -0.304. The molecule has 7 heteroatoms. The maximum Gasteiger partial charge on any atom is 0.250 e. The van der Waals surface area contributed by atoms with E-state index in [2.05, 4.69) is 10.5 Å². The van der Waals surface area contributed by atoms with Crippen molar-refractivity contribution in [2.75, 3.05) is 5.75 Å². The number of carbonyl (C=O) groups excluding carboxylic acids is 1. The van der Waals surface area contributed by atoms with Crippen molar-refractivity contribution in [3.8, 4) is 11.3 Å². The van der Waals surface area contributed by atoms with E-state index in [1.807, 2.05) is 12.1 Å². The van der Waals surface area contributed by atoms with Crippen molar-refractivity contribution in [3.63, 3.8) is 0 Å². The number of amides is 1. The van der Waals surface area contributed by atoms with E-state index in [1.54, 1.807) is 36.4 Å². The molecule has 132 valence electrons. The number of hydrogen-bond acceptors (Lipinski definition) is 4. The smallest absolute Gasteiger partial charge is 0.250 e. The molecule has 0 aliphatic heterocycles. The van der Waals surface area contributed by atoms with E-state index in [4.69, 9.17) is 16.0 Å². The lowest BCUT2D eigenvalue weighted by molar-refractivity contribution is -0.118.